The molecule has 0 atom stereocenters. The molecule has 0 fully saturated rings. The predicted molar refractivity (Wildman–Crippen MR) is 79.6 cm³/mol. The first-order valence-corrected chi connectivity index (χ1v) is 7.31. The van der Waals surface area contributed by atoms with Crippen LogP contribution < -0.4 is 5.73 Å². The van der Waals surface area contributed by atoms with E-state index in [2.05, 4.69) is 5.16 Å². The third kappa shape index (κ3) is 4.10. The van der Waals surface area contributed by atoms with E-state index in [0.29, 0.717) is 12.8 Å². The minimum atomic E-state index is -0.975. The fourth-order valence-corrected chi connectivity index (χ4v) is 2.63. The molecule has 0 saturated heterocycles. The molecule has 0 heterocycles. The van der Waals surface area contributed by atoms with Crippen LogP contribution in [-0.2, 0) is 4.79 Å². The Morgan fingerprint density at radius 3 is 2.10 bits per heavy atom. The van der Waals surface area contributed by atoms with Gasteiger partial charge in [0.25, 0.3) is 0 Å². The van der Waals surface area contributed by atoms with Crippen LogP contribution in [0.2, 0.25) is 0 Å². The fourth-order valence-electron chi connectivity index (χ4n) is 2.63. The summed E-state index contributed by atoms with van der Waals surface area (Å²) in [5.74, 6) is -0.199. The fraction of sp³-hybridized carbons (Fsp3) is 0.857. The van der Waals surface area contributed by atoms with Crippen molar-refractivity contribution in [2.75, 3.05) is 13.2 Å². The average molecular weight is 287 g/mol. The van der Waals surface area contributed by atoms with E-state index in [0.717, 1.165) is 12.8 Å². The van der Waals surface area contributed by atoms with Crippen LogP contribution in [0.15, 0.2) is 5.16 Å². The van der Waals surface area contributed by atoms with Gasteiger partial charge in [0.1, 0.15) is 5.41 Å². The standard InChI is InChI=1S/C14H29N3O3/c1-5-7-14(8-6-2,12(15)16-20)13(19)17(9-10-18)11(3)4/h11,18,20H,5-10H2,1-4H3,(H2,15,16). The van der Waals surface area contributed by atoms with E-state index in [4.69, 9.17) is 16.0 Å². The maximum atomic E-state index is 12.9. The number of carbonyl (C=O) groups is 1. The zero-order valence-electron chi connectivity index (χ0n) is 13.1. The lowest BCUT2D eigenvalue weighted by molar-refractivity contribution is -0.141. The molecule has 0 aliphatic rings. The minimum absolute atomic E-state index is 0.0326. The van der Waals surface area contributed by atoms with Gasteiger partial charge in [0.05, 0.1) is 6.61 Å². The highest BCUT2D eigenvalue weighted by molar-refractivity contribution is 6.06. The molecule has 0 bridgehead atoms. The molecule has 0 radical (unpaired) electrons. The van der Waals surface area contributed by atoms with Crippen LogP contribution in [-0.4, -0.2) is 46.1 Å². The van der Waals surface area contributed by atoms with Gasteiger partial charge in [0.2, 0.25) is 5.91 Å². The predicted octanol–water partition coefficient (Wildman–Crippen LogP) is 1.55. The molecule has 6 heteroatoms. The minimum Gasteiger partial charge on any atom is -0.409 e. The highest BCUT2D eigenvalue weighted by atomic mass is 16.4. The van der Waals surface area contributed by atoms with Crippen LogP contribution in [0, 0.1) is 5.41 Å². The molecule has 0 rings (SSSR count). The van der Waals surface area contributed by atoms with E-state index in [1.54, 1.807) is 4.90 Å². The van der Waals surface area contributed by atoms with E-state index < -0.39 is 5.41 Å². The lowest BCUT2D eigenvalue weighted by Crippen LogP contribution is -2.54. The summed E-state index contributed by atoms with van der Waals surface area (Å²) in [5.41, 5.74) is 4.87. The number of rotatable bonds is 9. The summed E-state index contributed by atoms with van der Waals surface area (Å²) in [6, 6.07) is -0.0470. The maximum absolute atomic E-state index is 12.9. The van der Waals surface area contributed by atoms with Gasteiger partial charge in [-0.1, -0.05) is 31.8 Å². The molecule has 0 aliphatic heterocycles. The molecule has 4 N–H and O–H groups in total. The Hall–Kier alpha value is -1.30. The van der Waals surface area contributed by atoms with Crippen molar-refractivity contribution in [3.8, 4) is 0 Å². The van der Waals surface area contributed by atoms with Crippen molar-refractivity contribution in [1.29, 1.82) is 0 Å². The first-order chi connectivity index (χ1) is 9.41. The summed E-state index contributed by atoms with van der Waals surface area (Å²) in [6.07, 6.45) is 2.58. The van der Waals surface area contributed by atoms with Crippen LogP contribution >= 0.6 is 0 Å². The van der Waals surface area contributed by atoms with E-state index >= 15 is 0 Å². The Morgan fingerprint density at radius 2 is 1.80 bits per heavy atom. The SMILES string of the molecule is CCCC(CCC)(C(=O)N(CCO)C(C)C)C(N)=NO. The summed E-state index contributed by atoms with van der Waals surface area (Å²) in [4.78, 5) is 14.5. The van der Waals surface area contributed by atoms with E-state index in [-0.39, 0.29) is 30.9 Å². The van der Waals surface area contributed by atoms with E-state index in [1.807, 2.05) is 27.7 Å². The Kier molecular flexibility index (Phi) is 8.22. The van der Waals surface area contributed by atoms with Gasteiger partial charge in [0.15, 0.2) is 5.84 Å². The van der Waals surface area contributed by atoms with Crippen molar-refractivity contribution in [3.05, 3.63) is 0 Å². The van der Waals surface area contributed by atoms with Crippen LogP contribution in [0.5, 0.6) is 0 Å². The molecule has 6 nitrogen and oxygen atoms in total. The van der Waals surface area contributed by atoms with Gasteiger partial charge in [-0.15, -0.1) is 0 Å². The molecule has 0 spiro atoms. The van der Waals surface area contributed by atoms with Crippen LogP contribution in [0.1, 0.15) is 53.4 Å². The smallest absolute Gasteiger partial charge is 0.236 e. The summed E-state index contributed by atoms with van der Waals surface area (Å²) in [7, 11) is 0. The zero-order valence-corrected chi connectivity index (χ0v) is 13.1. The molecule has 0 saturated carbocycles. The quantitative estimate of drug-likeness (QED) is 0.259. The van der Waals surface area contributed by atoms with E-state index in [9.17, 15) is 4.79 Å². The van der Waals surface area contributed by atoms with Crippen molar-refractivity contribution in [1.82, 2.24) is 4.90 Å². The van der Waals surface area contributed by atoms with Crippen LogP contribution in [0.4, 0.5) is 0 Å². The van der Waals surface area contributed by atoms with Crippen molar-refractivity contribution >= 4 is 11.7 Å². The number of carbonyl (C=O) groups excluding carboxylic acids is 1. The zero-order chi connectivity index (χ0) is 15.8. The third-order valence-corrected chi connectivity index (χ3v) is 3.59. The van der Waals surface area contributed by atoms with Crippen LogP contribution in [0.25, 0.3) is 0 Å². The summed E-state index contributed by atoms with van der Waals surface area (Å²) in [6.45, 7) is 7.87. The lowest BCUT2D eigenvalue weighted by Gasteiger charge is -2.38. The van der Waals surface area contributed by atoms with Gasteiger partial charge in [-0.3, -0.25) is 4.79 Å². The number of hydrogen-bond donors (Lipinski definition) is 3. The van der Waals surface area contributed by atoms with Gasteiger partial charge < -0.3 is 20.9 Å². The number of nitrogens with zero attached hydrogens (tertiary/aromatic N) is 2. The molecule has 118 valence electrons. The number of amides is 1. The first-order valence-electron chi connectivity index (χ1n) is 7.31. The lowest BCUT2D eigenvalue weighted by atomic mass is 9.76. The van der Waals surface area contributed by atoms with Crippen molar-refractivity contribution in [3.63, 3.8) is 0 Å². The van der Waals surface area contributed by atoms with Crippen molar-refractivity contribution in [2.24, 2.45) is 16.3 Å². The first kappa shape index (κ1) is 18.7. The summed E-state index contributed by atoms with van der Waals surface area (Å²) < 4.78 is 0. The van der Waals surface area contributed by atoms with Gasteiger partial charge in [-0.05, 0) is 26.7 Å². The van der Waals surface area contributed by atoms with Crippen molar-refractivity contribution in [2.45, 2.75) is 59.4 Å². The second-order valence-electron chi connectivity index (χ2n) is 5.38. The monoisotopic (exact) mass is 287 g/mol. The Balaban J connectivity index is 5.63. The topological polar surface area (TPSA) is 99.2 Å². The maximum Gasteiger partial charge on any atom is 0.236 e. The summed E-state index contributed by atoms with van der Waals surface area (Å²) in [5, 5.41) is 21.3. The number of aliphatic hydroxyl groups is 1. The number of aliphatic hydroxyl groups excluding tert-OH is 1. The highest BCUT2D eigenvalue weighted by Gasteiger charge is 2.44. The number of nitrogens with two attached hydrogens (primary N) is 1. The molecule has 0 aromatic rings. The van der Waals surface area contributed by atoms with Crippen molar-refractivity contribution < 1.29 is 15.1 Å². The molecule has 0 aliphatic carbocycles. The van der Waals surface area contributed by atoms with E-state index in [1.165, 1.54) is 0 Å². The highest BCUT2D eigenvalue weighted by Crippen LogP contribution is 2.33. The third-order valence-electron chi connectivity index (χ3n) is 3.59. The Morgan fingerprint density at radius 1 is 1.30 bits per heavy atom. The normalized spacial score (nSPS) is 12.8. The number of hydrogen-bond acceptors (Lipinski definition) is 4. The van der Waals surface area contributed by atoms with Gasteiger partial charge >= 0.3 is 0 Å². The number of oxime groups is 1. The number of amidine groups is 1. The van der Waals surface area contributed by atoms with Gasteiger partial charge in [0, 0.05) is 12.6 Å². The molecule has 0 unspecified atom stereocenters. The molecular weight excluding hydrogens is 258 g/mol. The molecule has 0 aromatic carbocycles. The Bertz CT molecular complexity index is 324. The van der Waals surface area contributed by atoms with Crippen LogP contribution in [0.3, 0.4) is 0 Å². The van der Waals surface area contributed by atoms with Gasteiger partial charge in [-0.2, -0.15) is 0 Å². The largest absolute Gasteiger partial charge is 0.409 e. The second kappa shape index (κ2) is 8.79. The summed E-state index contributed by atoms with van der Waals surface area (Å²) >= 11 is 0. The molecule has 1 amide bonds. The molecule has 0 aromatic heterocycles. The van der Waals surface area contributed by atoms with Gasteiger partial charge in [-0.25, -0.2) is 0 Å². The Labute approximate surface area is 121 Å². The average Bonchev–Trinajstić information content (AvgIpc) is 2.42. The molecular formula is C14H29N3O3. The molecule has 20 heavy (non-hydrogen) atoms. The second-order valence-corrected chi connectivity index (χ2v) is 5.38.